The Labute approximate surface area is 114 Å². The van der Waals surface area contributed by atoms with Crippen LogP contribution in [-0.4, -0.2) is 46.4 Å². The second-order valence-electron chi connectivity index (χ2n) is 4.03. The van der Waals surface area contributed by atoms with E-state index in [0.717, 1.165) is 17.1 Å². The lowest BCUT2D eigenvalue weighted by molar-refractivity contribution is -0.132. The normalized spacial score (nSPS) is 15.2. The van der Waals surface area contributed by atoms with E-state index in [-0.39, 0.29) is 18.4 Å². The van der Waals surface area contributed by atoms with E-state index in [4.69, 9.17) is 0 Å². The van der Waals surface area contributed by atoms with Gasteiger partial charge < -0.3 is 10.2 Å². The molecule has 0 aromatic carbocycles. The van der Waals surface area contributed by atoms with E-state index in [1.54, 1.807) is 28.0 Å². The van der Waals surface area contributed by atoms with Crippen molar-refractivity contribution in [2.75, 3.05) is 24.7 Å². The van der Waals surface area contributed by atoms with Gasteiger partial charge in [-0.25, -0.2) is 4.98 Å². The van der Waals surface area contributed by atoms with Gasteiger partial charge in [0, 0.05) is 18.3 Å². The second kappa shape index (κ2) is 6.19. The number of nitrogens with one attached hydrogen (secondary N) is 1. The molecule has 2 amide bonds. The Balaban J connectivity index is 1.67. The van der Waals surface area contributed by atoms with Gasteiger partial charge in [0.25, 0.3) is 0 Å². The Bertz CT molecular complexity index is 447. The van der Waals surface area contributed by atoms with Crippen LogP contribution in [0, 0.1) is 6.92 Å². The number of carbonyl (C=O) groups is 2. The van der Waals surface area contributed by atoms with Crippen LogP contribution in [0.2, 0.25) is 0 Å². The van der Waals surface area contributed by atoms with Crippen LogP contribution >= 0.6 is 23.1 Å². The van der Waals surface area contributed by atoms with Gasteiger partial charge in [-0.2, -0.15) is 0 Å². The SMILES string of the molecule is Cc1nc(CCNC(=O)CN2CSCC2=O)cs1. The number of rotatable bonds is 5. The predicted octanol–water partition coefficient (Wildman–Crippen LogP) is 0.643. The van der Waals surface area contributed by atoms with Crippen molar-refractivity contribution in [2.45, 2.75) is 13.3 Å². The summed E-state index contributed by atoms with van der Waals surface area (Å²) in [5.74, 6) is 1.06. The quantitative estimate of drug-likeness (QED) is 0.862. The molecule has 1 aliphatic rings. The molecule has 5 nitrogen and oxygen atoms in total. The number of thioether (sulfide) groups is 1. The second-order valence-corrected chi connectivity index (χ2v) is 6.04. The molecule has 18 heavy (non-hydrogen) atoms. The third-order valence-electron chi connectivity index (χ3n) is 2.53. The molecular formula is C11H15N3O2S2. The van der Waals surface area contributed by atoms with Crippen LogP contribution in [-0.2, 0) is 16.0 Å². The van der Waals surface area contributed by atoms with Crippen LogP contribution in [0.4, 0.5) is 0 Å². The molecule has 0 unspecified atom stereocenters. The third-order valence-corrected chi connectivity index (χ3v) is 4.30. The zero-order chi connectivity index (χ0) is 13.0. The van der Waals surface area contributed by atoms with Crippen molar-refractivity contribution in [3.63, 3.8) is 0 Å². The number of thiazole rings is 1. The van der Waals surface area contributed by atoms with Crippen LogP contribution in [0.5, 0.6) is 0 Å². The fraction of sp³-hybridized carbons (Fsp3) is 0.545. The van der Waals surface area contributed by atoms with Crippen LogP contribution < -0.4 is 5.32 Å². The van der Waals surface area contributed by atoms with Gasteiger partial charge in [-0.1, -0.05) is 0 Å². The summed E-state index contributed by atoms with van der Waals surface area (Å²) < 4.78 is 0. The van der Waals surface area contributed by atoms with Gasteiger partial charge in [0.15, 0.2) is 0 Å². The highest BCUT2D eigenvalue weighted by Gasteiger charge is 2.22. The number of carbonyl (C=O) groups excluding carboxylic acids is 2. The summed E-state index contributed by atoms with van der Waals surface area (Å²) >= 11 is 3.15. The number of aryl methyl sites for hydroxylation is 1. The Kier molecular flexibility index (Phi) is 4.60. The first kappa shape index (κ1) is 13.4. The third kappa shape index (κ3) is 3.71. The molecule has 0 bridgehead atoms. The number of hydrogen-bond donors (Lipinski definition) is 1. The maximum Gasteiger partial charge on any atom is 0.239 e. The molecule has 0 saturated carbocycles. The molecule has 1 saturated heterocycles. The van der Waals surface area contributed by atoms with E-state index in [9.17, 15) is 9.59 Å². The van der Waals surface area contributed by atoms with Crippen LogP contribution in [0.1, 0.15) is 10.7 Å². The molecule has 0 radical (unpaired) electrons. The Morgan fingerprint density at radius 3 is 3.06 bits per heavy atom. The topological polar surface area (TPSA) is 62.3 Å². The van der Waals surface area contributed by atoms with E-state index in [2.05, 4.69) is 10.3 Å². The highest BCUT2D eigenvalue weighted by Crippen LogP contribution is 2.13. The Hall–Kier alpha value is -1.08. The number of amides is 2. The van der Waals surface area contributed by atoms with Crippen molar-refractivity contribution < 1.29 is 9.59 Å². The summed E-state index contributed by atoms with van der Waals surface area (Å²) in [6.07, 6.45) is 0.735. The van der Waals surface area contributed by atoms with E-state index in [0.29, 0.717) is 18.2 Å². The summed E-state index contributed by atoms with van der Waals surface area (Å²) in [5, 5.41) is 5.85. The Morgan fingerprint density at radius 2 is 2.44 bits per heavy atom. The molecule has 0 atom stereocenters. The highest BCUT2D eigenvalue weighted by atomic mass is 32.2. The van der Waals surface area contributed by atoms with Crippen molar-refractivity contribution in [1.82, 2.24) is 15.2 Å². The summed E-state index contributed by atoms with van der Waals surface area (Å²) in [4.78, 5) is 28.8. The summed E-state index contributed by atoms with van der Waals surface area (Å²) in [6, 6.07) is 0. The maximum absolute atomic E-state index is 11.6. The minimum atomic E-state index is -0.0993. The first-order valence-electron chi connectivity index (χ1n) is 5.68. The lowest BCUT2D eigenvalue weighted by atomic mass is 10.3. The molecule has 1 fully saturated rings. The van der Waals surface area contributed by atoms with E-state index in [1.807, 2.05) is 12.3 Å². The first-order valence-corrected chi connectivity index (χ1v) is 7.72. The maximum atomic E-state index is 11.6. The Morgan fingerprint density at radius 1 is 1.61 bits per heavy atom. The molecule has 2 rings (SSSR count). The first-order chi connectivity index (χ1) is 8.65. The van der Waals surface area contributed by atoms with Crippen molar-refractivity contribution >= 4 is 34.9 Å². The molecule has 0 aliphatic carbocycles. The van der Waals surface area contributed by atoms with Gasteiger partial charge in [-0.3, -0.25) is 9.59 Å². The van der Waals surface area contributed by atoms with E-state index < -0.39 is 0 Å². The molecular weight excluding hydrogens is 270 g/mol. The standard InChI is InChI=1S/C11H15N3O2S2/c1-8-13-9(5-18-8)2-3-12-10(15)4-14-7-17-6-11(14)16/h5H,2-4,6-7H2,1H3,(H,12,15). The summed E-state index contributed by atoms with van der Waals surface area (Å²) in [6.45, 7) is 2.70. The van der Waals surface area contributed by atoms with Gasteiger partial charge in [0.05, 0.1) is 22.3 Å². The molecule has 2 heterocycles. The van der Waals surface area contributed by atoms with Gasteiger partial charge in [-0.05, 0) is 6.92 Å². The lowest BCUT2D eigenvalue weighted by Crippen LogP contribution is -2.38. The molecule has 1 aliphatic heterocycles. The van der Waals surface area contributed by atoms with Crippen molar-refractivity contribution in [3.8, 4) is 0 Å². The van der Waals surface area contributed by atoms with Gasteiger partial charge in [0.1, 0.15) is 6.54 Å². The zero-order valence-electron chi connectivity index (χ0n) is 10.1. The minimum absolute atomic E-state index is 0.0466. The van der Waals surface area contributed by atoms with E-state index in [1.165, 1.54) is 0 Å². The van der Waals surface area contributed by atoms with E-state index >= 15 is 0 Å². The van der Waals surface area contributed by atoms with Crippen LogP contribution in [0.15, 0.2) is 5.38 Å². The highest BCUT2D eigenvalue weighted by molar-refractivity contribution is 8.00. The fourth-order valence-electron chi connectivity index (χ4n) is 1.62. The van der Waals surface area contributed by atoms with Gasteiger partial charge in [-0.15, -0.1) is 23.1 Å². The average molecular weight is 285 g/mol. The average Bonchev–Trinajstić information content (AvgIpc) is 2.89. The smallest absolute Gasteiger partial charge is 0.239 e. The van der Waals surface area contributed by atoms with Crippen LogP contribution in [0.25, 0.3) is 0 Å². The monoisotopic (exact) mass is 285 g/mol. The number of nitrogens with zero attached hydrogens (tertiary/aromatic N) is 2. The summed E-state index contributed by atoms with van der Waals surface area (Å²) in [5.41, 5.74) is 1.01. The largest absolute Gasteiger partial charge is 0.354 e. The zero-order valence-corrected chi connectivity index (χ0v) is 11.8. The number of hydrogen-bond acceptors (Lipinski definition) is 5. The molecule has 1 N–H and O–H groups in total. The summed E-state index contributed by atoms with van der Waals surface area (Å²) in [7, 11) is 0. The molecule has 0 spiro atoms. The van der Waals surface area contributed by atoms with Crippen LogP contribution in [0.3, 0.4) is 0 Å². The molecule has 7 heteroatoms. The molecule has 1 aromatic heterocycles. The minimum Gasteiger partial charge on any atom is -0.354 e. The molecule has 98 valence electrons. The van der Waals surface area contributed by atoms with Crippen molar-refractivity contribution in [3.05, 3.63) is 16.1 Å². The van der Waals surface area contributed by atoms with Gasteiger partial charge in [0.2, 0.25) is 11.8 Å². The lowest BCUT2D eigenvalue weighted by Gasteiger charge is -2.13. The molecule has 1 aromatic rings. The van der Waals surface area contributed by atoms with Gasteiger partial charge >= 0.3 is 0 Å². The fourth-order valence-corrected chi connectivity index (χ4v) is 3.17. The predicted molar refractivity (Wildman–Crippen MR) is 72.6 cm³/mol. The van der Waals surface area contributed by atoms with Crippen molar-refractivity contribution in [1.29, 1.82) is 0 Å². The number of aromatic nitrogens is 1. The van der Waals surface area contributed by atoms with Crippen molar-refractivity contribution in [2.24, 2.45) is 0 Å².